The molecule has 0 saturated heterocycles. The van der Waals surface area contributed by atoms with Crippen LogP contribution in [0.25, 0.3) is 0 Å². The van der Waals surface area contributed by atoms with Crippen LogP contribution in [0.1, 0.15) is 27.7 Å². The maximum absolute atomic E-state index is 12.0. The number of rotatable bonds is 3. The second-order valence-corrected chi connectivity index (χ2v) is 5.53. The highest BCUT2D eigenvalue weighted by Crippen LogP contribution is 2.28. The number of nitrogens with one attached hydrogen (secondary N) is 1. The second-order valence-electron chi connectivity index (χ2n) is 5.53. The molecule has 1 aromatic carbocycles. The molecule has 4 nitrogen and oxygen atoms in total. The summed E-state index contributed by atoms with van der Waals surface area (Å²) >= 11 is 0. The number of carbonyl (C=O) groups is 1. The summed E-state index contributed by atoms with van der Waals surface area (Å²) in [5, 5.41) is 2.87. The van der Waals surface area contributed by atoms with E-state index in [1.54, 1.807) is 25.3 Å². The van der Waals surface area contributed by atoms with Crippen LogP contribution in [0.2, 0.25) is 0 Å². The van der Waals surface area contributed by atoms with Gasteiger partial charge in [0.15, 0.2) is 0 Å². The van der Waals surface area contributed by atoms with Crippen LogP contribution in [0.5, 0.6) is 5.75 Å². The first-order valence-electron chi connectivity index (χ1n) is 6.00. The highest BCUT2D eigenvalue weighted by Gasteiger charge is 2.26. The Balaban J connectivity index is 2.80. The number of benzene rings is 1. The number of hydrogen-bond acceptors (Lipinski definition) is 3. The highest BCUT2D eigenvalue weighted by molar-refractivity contribution is 5.93. The zero-order valence-corrected chi connectivity index (χ0v) is 11.7. The summed E-state index contributed by atoms with van der Waals surface area (Å²) in [5.41, 5.74) is 6.93. The maximum atomic E-state index is 12.0. The number of anilines is 2. The van der Waals surface area contributed by atoms with Crippen molar-refractivity contribution in [2.45, 2.75) is 27.7 Å². The van der Waals surface area contributed by atoms with Gasteiger partial charge in [0.25, 0.3) is 0 Å². The first kappa shape index (κ1) is 14.4. The van der Waals surface area contributed by atoms with E-state index in [9.17, 15) is 4.79 Å². The van der Waals surface area contributed by atoms with E-state index in [1.807, 2.05) is 27.7 Å². The van der Waals surface area contributed by atoms with Crippen LogP contribution in [0, 0.1) is 11.3 Å². The topological polar surface area (TPSA) is 64.3 Å². The largest absolute Gasteiger partial charge is 0.495 e. The van der Waals surface area contributed by atoms with E-state index in [0.717, 1.165) is 0 Å². The molecule has 100 valence electrons. The van der Waals surface area contributed by atoms with Gasteiger partial charge in [0.1, 0.15) is 5.75 Å². The van der Waals surface area contributed by atoms with Gasteiger partial charge in [-0.15, -0.1) is 0 Å². The SMILES string of the molecule is COc1ccc(NC(=O)C(C)C(C)(C)C)cc1N. The van der Waals surface area contributed by atoms with Gasteiger partial charge in [0.2, 0.25) is 5.91 Å². The van der Waals surface area contributed by atoms with Gasteiger partial charge in [-0.25, -0.2) is 0 Å². The third-order valence-electron chi connectivity index (χ3n) is 3.19. The molecular weight excluding hydrogens is 228 g/mol. The molecule has 1 amide bonds. The summed E-state index contributed by atoms with van der Waals surface area (Å²) in [4.78, 5) is 12.0. The lowest BCUT2D eigenvalue weighted by Gasteiger charge is -2.26. The van der Waals surface area contributed by atoms with E-state index in [-0.39, 0.29) is 17.2 Å². The zero-order chi connectivity index (χ0) is 13.9. The van der Waals surface area contributed by atoms with Gasteiger partial charge in [0.05, 0.1) is 12.8 Å². The lowest BCUT2D eigenvalue weighted by atomic mass is 9.81. The van der Waals surface area contributed by atoms with Gasteiger partial charge < -0.3 is 15.8 Å². The number of hydrogen-bond donors (Lipinski definition) is 2. The Bertz CT molecular complexity index is 436. The first-order valence-corrected chi connectivity index (χ1v) is 6.00. The van der Waals surface area contributed by atoms with Crippen molar-refractivity contribution in [2.75, 3.05) is 18.2 Å². The lowest BCUT2D eigenvalue weighted by Crippen LogP contribution is -2.30. The van der Waals surface area contributed by atoms with Crippen LogP contribution >= 0.6 is 0 Å². The van der Waals surface area contributed by atoms with Gasteiger partial charge >= 0.3 is 0 Å². The minimum Gasteiger partial charge on any atom is -0.495 e. The molecule has 1 unspecified atom stereocenters. The van der Waals surface area contributed by atoms with Crippen molar-refractivity contribution >= 4 is 17.3 Å². The molecule has 1 aromatic rings. The van der Waals surface area contributed by atoms with Gasteiger partial charge in [-0.2, -0.15) is 0 Å². The molecule has 0 saturated carbocycles. The Morgan fingerprint density at radius 2 is 2.00 bits per heavy atom. The third-order valence-corrected chi connectivity index (χ3v) is 3.19. The van der Waals surface area contributed by atoms with Crippen molar-refractivity contribution in [1.29, 1.82) is 0 Å². The predicted octanol–water partition coefficient (Wildman–Crippen LogP) is 2.90. The van der Waals surface area contributed by atoms with Crippen molar-refractivity contribution in [1.82, 2.24) is 0 Å². The third kappa shape index (κ3) is 3.39. The summed E-state index contributed by atoms with van der Waals surface area (Å²) < 4.78 is 5.07. The molecule has 0 bridgehead atoms. The van der Waals surface area contributed by atoms with Gasteiger partial charge in [-0.1, -0.05) is 27.7 Å². The molecule has 0 aromatic heterocycles. The smallest absolute Gasteiger partial charge is 0.227 e. The Labute approximate surface area is 109 Å². The molecule has 4 heteroatoms. The van der Waals surface area contributed by atoms with Crippen molar-refractivity contribution < 1.29 is 9.53 Å². The van der Waals surface area contributed by atoms with Gasteiger partial charge in [-0.3, -0.25) is 4.79 Å². The molecule has 18 heavy (non-hydrogen) atoms. The van der Waals surface area contributed by atoms with E-state index in [1.165, 1.54) is 0 Å². The number of nitrogens with two attached hydrogens (primary N) is 1. The monoisotopic (exact) mass is 250 g/mol. The van der Waals surface area contributed by atoms with E-state index >= 15 is 0 Å². The average Bonchev–Trinajstić information content (AvgIpc) is 2.27. The van der Waals surface area contributed by atoms with Crippen LogP contribution in [0.4, 0.5) is 11.4 Å². The van der Waals surface area contributed by atoms with Gasteiger partial charge in [0, 0.05) is 11.6 Å². The standard InChI is InChI=1S/C14H22N2O2/c1-9(14(2,3)4)13(17)16-10-6-7-12(18-5)11(15)8-10/h6-9H,15H2,1-5H3,(H,16,17). The molecule has 1 atom stereocenters. The Morgan fingerprint density at radius 3 is 2.44 bits per heavy atom. The Kier molecular flexibility index (Phi) is 4.22. The number of methoxy groups -OCH3 is 1. The molecular formula is C14H22N2O2. The van der Waals surface area contributed by atoms with E-state index in [0.29, 0.717) is 17.1 Å². The fourth-order valence-corrected chi connectivity index (χ4v) is 1.46. The zero-order valence-electron chi connectivity index (χ0n) is 11.7. The summed E-state index contributed by atoms with van der Waals surface area (Å²) in [7, 11) is 1.56. The van der Waals surface area contributed by atoms with E-state index < -0.39 is 0 Å². The number of amides is 1. The second kappa shape index (κ2) is 5.29. The van der Waals surface area contributed by atoms with Crippen molar-refractivity contribution in [3.8, 4) is 5.75 Å². The molecule has 0 aliphatic heterocycles. The number of ether oxygens (including phenoxy) is 1. The molecule has 1 rings (SSSR count). The Hall–Kier alpha value is -1.71. The molecule has 0 fully saturated rings. The van der Waals surface area contributed by atoms with Crippen LogP contribution in [-0.4, -0.2) is 13.0 Å². The summed E-state index contributed by atoms with van der Waals surface area (Å²) in [6.45, 7) is 8.04. The first-order chi connectivity index (χ1) is 8.25. The summed E-state index contributed by atoms with van der Waals surface area (Å²) in [5.74, 6) is 0.518. The fourth-order valence-electron chi connectivity index (χ4n) is 1.46. The lowest BCUT2D eigenvalue weighted by molar-refractivity contribution is -0.122. The quantitative estimate of drug-likeness (QED) is 0.811. The van der Waals surface area contributed by atoms with Crippen LogP contribution in [0.3, 0.4) is 0 Å². The predicted molar refractivity (Wildman–Crippen MR) is 74.7 cm³/mol. The molecule has 0 heterocycles. The Morgan fingerprint density at radius 1 is 1.39 bits per heavy atom. The minimum atomic E-state index is -0.0826. The van der Waals surface area contributed by atoms with Crippen molar-refractivity contribution in [2.24, 2.45) is 11.3 Å². The van der Waals surface area contributed by atoms with E-state index in [4.69, 9.17) is 10.5 Å². The van der Waals surface area contributed by atoms with E-state index in [2.05, 4.69) is 5.32 Å². The minimum absolute atomic E-state index is 0.00735. The maximum Gasteiger partial charge on any atom is 0.227 e. The average molecular weight is 250 g/mol. The van der Waals surface area contributed by atoms with Gasteiger partial charge in [-0.05, 0) is 23.6 Å². The highest BCUT2D eigenvalue weighted by atomic mass is 16.5. The molecule has 0 spiro atoms. The summed E-state index contributed by atoms with van der Waals surface area (Å²) in [6, 6.07) is 5.22. The summed E-state index contributed by atoms with van der Waals surface area (Å²) in [6.07, 6.45) is 0. The number of nitrogen functional groups attached to an aromatic ring is 1. The molecule has 0 aliphatic rings. The molecule has 0 radical (unpaired) electrons. The normalized spacial score (nSPS) is 12.9. The van der Waals surface area contributed by atoms with Crippen LogP contribution in [-0.2, 0) is 4.79 Å². The van der Waals surface area contributed by atoms with Crippen LogP contribution < -0.4 is 15.8 Å². The van der Waals surface area contributed by atoms with Crippen molar-refractivity contribution in [3.63, 3.8) is 0 Å². The molecule has 3 N–H and O–H groups in total. The van der Waals surface area contributed by atoms with Crippen molar-refractivity contribution in [3.05, 3.63) is 18.2 Å². The number of carbonyl (C=O) groups excluding carboxylic acids is 1. The van der Waals surface area contributed by atoms with Crippen LogP contribution in [0.15, 0.2) is 18.2 Å². The fraction of sp³-hybridized carbons (Fsp3) is 0.500. The molecule has 0 aliphatic carbocycles.